The minimum Gasteiger partial charge on any atom is -0.448 e. The van der Waals surface area contributed by atoms with Crippen LogP contribution in [0.3, 0.4) is 0 Å². The lowest BCUT2D eigenvalue weighted by Crippen LogP contribution is -2.53. The Balaban J connectivity index is 1.15. The van der Waals surface area contributed by atoms with Crippen molar-refractivity contribution in [2.24, 2.45) is 0 Å². The van der Waals surface area contributed by atoms with E-state index < -0.39 is 5.79 Å². The number of amides is 3. The van der Waals surface area contributed by atoms with Crippen LogP contribution in [0.2, 0.25) is 0 Å². The highest BCUT2D eigenvalue weighted by Gasteiger charge is 2.44. The summed E-state index contributed by atoms with van der Waals surface area (Å²) in [6.07, 6.45) is 5.46. The molecule has 0 aromatic heterocycles. The smallest absolute Gasteiger partial charge is 0.321 e. The summed E-state index contributed by atoms with van der Waals surface area (Å²) in [4.78, 5) is 28.6. The van der Waals surface area contributed by atoms with Gasteiger partial charge in [-0.05, 0) is 37.8 Å². The lowest BCUT2D eigenvalue weighted by atomic mass is 10.2. The van der Waals surface area contributed by atoms with Crippen molar-refractivity contribution in [3.63, 3.8) is 0 Å². The Morgan fingerprint density at radius 3 is 2.41 bits per heavy atom. The first-order valence-electron chi connectivity index (χ1n) is 10.6. The van der Waals surface area contributed by atoms with Crippen molar-refractivity contribution >= 4 is 17.6 Å². The highest BCUT2D eigenvalue weighted by atomic mass is 16.7. The summed E-state index contributed by atoms with van der Waals surface area (Å²) in [6.45, 7) is 2.76. The molecule has 0 bridgehead atoms. The second kappa shape index (κ2) is 7.40. The molecule has 3 heterocycles. The molecule has 1 N–H and O–H groups in total. The second-order valence-electron chi connectivity index (χ2n) is 8.23. The first-order chi connectivity index (χ1) is 14.1. The van der Waals surface area contributed by atoms with Crippen LogP contribution in [-0.2, 0) is 9.53 Å². The minimum absolute atomic E-state index is 0.0548. The molecule has 8 heteroatoms. The van der Waals surface area contributed by atoms with Gasteiger partial charge in [0.1, 0.15) is 6.10 Å². The van der Waals surface area contributed by atoms with E-state index in [1.807, 2.05) is 18.2 Å². The van der Waals surface area contributed by atoms with E-state index in [1.54, 1.807) is 9.80 Å². The Morgan fingerprint density at radius 1 is 0.966 bits per heavy atom. The Bertz CT molecular complexity index is 794. The van der Waals surface area contributed by atoms with Crippen LogP contribution in [-0.4, -0.2) is 66.4 Å². The van der Waals surface area contributed by atoms with Crippen LogP contribution in [0.1, 0.15) is 38.5 Å². The molecule has 0 radical (unpaired) electrons. The number of urea groups is 1. The Morgan fingerprint density at radius 2 is 1.69 bits per heavy atom. The fourth-order valence-electron chi connectivity index (χ4n) is 4.60. The minimum atomic E-state index is -0.503. The summed E-state index contributed by atoms with van der Waals surface area (Å²) in [5.74, 6) is 0.985. The first kappa shape index (κ1) is 18.5. The van der Waals surface area contributed by atoms with E-state index >= 15 is 0 Å². The van der Waals surface area contributed by atoms with Gasteiger partial charge in [0.25, 0.3) is 11.7 Å². The van der Waals surface area contributed by atoms with Crippen molar-refractivity contribution in [2.45, 2.75) is 50.4 Å². The number of hydrogen-bond acceptors (Lipinski definition) is 5. The van der Waals surface area contributed by atoms with Gasteiger partial charge < -0.3 is 29.3 Å². The van der Waals surface area contributed by atoms with Crippen LogP contribution >= 0.6 is 0 Å². The maximum absolute atomic E-state index is 12.7. The number of fused-ring (bicyclic) bond motifs is 1. The predicted molar refractivity (Wildman–Crippen MR) is 105 cm³/mol. The SMILES string of the molecule is O=C(Nc1ccc2c(c1)OC1(CCCC1)O2)N1CCN(C(=O)[C@@H]2CCCO2)CC1. The maximum Gasteiger partial charge on any atom is 0.321 e. The highest BCUT2D eigenvalue weighted by molar-refractivity contribution is 5.90. The van der Waals surface area contributed by atoms with Gasteiger partial charge in [-0.25, -0.2) is 4.79 Å². The zero-order chi connectivity index (χ0) is 19.8. The number of piperazine rings is 1. The molecule has 29 heavy (non-hydrogen) atoms. The lowest BCUT2D eigenvalue weighted by Gasteiger charge is -2.35. The maximum atomic E-state index is 12.7. The molecule has 0 unspecified atom stereocenters. The summed E-state index contributed by atoms with van der Waals surface area (Å²) in [6, 6.07) is 5.36. The molecule has 1 atom stereocenters. The van der Waals surface area contributed by atoms with Gasteiger partial charge in [0.15, 0.2) is 11.5 Å². The van der Waals surface area contributed by atoms with Crippen molar-refractivity contribution in [1.82, 2.24) is 9.80 Å². The van der Waals surface area contributed by atoms with Gasteiger partial charge in [0.05, 0.1) is 0 Å². The van der Waals surface area contributed by atoms with Crippen LogP contribution in [0, 0.1) is 0 Å². The van der Waals surface area contributed by atoms with Crippen molar-refractivity contribution in [3.8, 4) is 11.5 Å². The molecule has 1 saturated carbocycles. The Hall–Kier alpha value is -2.48. The molecule has 1 spiro atoms. The highest BCUT2D eigenvalue weighted by Crippen LogP contribution is 2.47. The molecule has 2 saturated heterocycles. The third-order valence-electron chi connectivity index (χ3n) is 6.24. The molecule has 3 aliphatic heterocycles. The third-order valence-corrected chi connectivity index (χ3v) is 6.24. The molecular formula is C21H27N3O5. The van der Waals surface area contributed by atoms with E-state index in [4.69, 9.17) is 14.2 Å². The van der Waals surface area contributed by atoms with E-state index in [-0.39, 0.29) is 18.0 Å². The summed E-state index contributed by atoms with van der Waals surface area (Å²) in [7, 11) is 0. The van der Waals surface area contributed by atoms with E-state index in [0.717, 1.165) is 44.3 Å². The number of anilines is 1. The molecule has 1 aromatic rings. The van der Waals surface area contributed by atoms with Gasteiger partial charge in [0.2, 0.25) is 0 Å². The van der Waals surface area contributed by atoms with Gasteiger partial charge >= 0.3 is 6.03 Å². The van der Waals surface area contributed by atoms with E-state index in [1.165, 1.54) is 0 Å². The van der Waals surface area contributed by atoms with E-state index in [9.17, 15) is 9.59 Å². The summed E-state index contributed by atoms with van der Waals surface area (Å²) in [5.41, 5.74) is 0.685. The number of benzene rings is 1. The largest absolute Gasteiger partial charge is 0.448 e. The van der Waals surface area contributed by atoms with Gasteiger partial charge in [-0.15, -0.1) is 0 Å². The van der Waals surface area contributed by atoms with Gasteiger partial charge in [-0.1, -0.05) is 0 Å². The van der Waals surface area contributed by atoms with Crippen molar-refractivity contribution < 1.29 is 23.8 Å². The zero-order valence-electron chi connectivity index (χ0n) is 16.5. The average molecular weight is 401 g/mol. The molecule has 156 valence electrons. The topological polar surface area (TPSA) is 80.3 Å². The predicted octanol–water partition coefficient (Wildman–Crippen LogP) is 2.58. The average Bonchev–Trinajstić information content (AvgIpc) is 3.48. The van der Waals surface area contributed by atoms with Crippen LogP contribution in [0.4, 0.5) is 10.5 Å². The molecule has 1 aliphatic carbocycles. The second-order valence-corrected chi connectivity index (χ2v) is 8.23. The monoisotopic (exact) mass is 401 g/mol. The third kappa shape index (κ3) is 3.61. The molecule has 1 aromatic carbocycles. The number of carbonyl (C=O) groups is 2. The molecular weight excluding hydrogens is 374 g/mol. The molecule has 8 nitrogen and oxygen atoms in total. The van der Waals surface area contributed by atoms with E-state index in [2.05, 4.69) is 5.32 Å². The number of nitrogens with zero attached hydrogens (tertiary/aromatic N) is 2. The van der Waals surface area contributed by atoms with E-state index in [0.29, 0.717) is 44.2 Å². The molecule has 3 fully saturated rings. The Labute approximate surface area is 170 Å². The number of carbonyl (C=O) groups excluding carboxylic acids is 2. The quantitative estimate of drug-likeness (QED) is 0.824. The molecule has 5 rings (SSSR count). The van der Waals surface area contributed by atoms with Gasteiger partial charge in [-0.3, -0.25) is 4.79 Å². The molecule has 3 amide bonds. The standard InChI is InChI=1S/C21H27N3O5/c25-19(17-4-3-13-27-17)23-9-11-24(12-10-23)20(26)22-15-5-6-16-18(14-15)29-21(28-16)7-1-2-8-21/h5-6,14,17H,1-4,7-13H2,(H,22,26)/t17-/m0/s1. The van der Waals surface area contributed by atoms with Crippen molar-refractivity contribution in [2.75, 3.05) is 38.1 Å². The fraction of sp³-hybridized carbons (Fsp3) is 0.619. The van der Waals surface area contributed by atoms with Crippen LogP contribution in [0.5, 0.6) is 11.5 Å². The number of rotatable bonds is 2. The summed E-state index contributed by atoms with van der Waals surface area (Å²) < 4.78 is 17.6. The number of ether oxygens (including phenoxy) is 3. The van der Waals surface area contributed by atoms with Crippen LogP contribution < -0.4 is 14.8 Å². The molecule has 4 aliphatic rings. The summed E-state index contributed by atoms with van der Waals surface area (Å²) in [5, 5.41) is 2.94. The van der Waals surface area contributed by atoms with Crippen molar-refractivity contribution in [3.05, 3.63) is 18.2 Å². The van der Waals surface area contributed by atoms with Crippen molar-refractivity contribution in [1.29, 1.82) is 0 Å². The van der Waals surface area contributed by atoms with Gasteiger partial charge in [-0.2, -0.15) is 0 Å². The Kier molecular flexibility index (Phi) is 4.73. The van der Waals surface area contributed by atoms with Gasteiger partial charge in [0, 0.05) is 57.4 Å². The zero-order valence-corrected chi connectivity index (χ0v) is 16.5. The van der Waals surface area contributed by atoms with Crippen LogP contribution in [0.15, 0.2) is 18.2 Å². The lowest BCUT2D eigenvalue weighted by molar-refractivity contribution is -0.142. The number of hydrogen-bond donors (Lipinski definition) is 1. The number of nitrogens with one attached hydrogen (secondary N) is 1. The normalized spacial score (nSPS) is 24.9. The van der Waals surface area contributed by atoms with Crippen LogP contribution in [0.25, 0.3) is 0 Å². The first-order valence-corrected chi connectivity index (χ1v) is 10.6. The fourth-order valence-corrected chi connectivity index (χ4v) is 4.60. The summed E-state index contributed by atoms with van der Waals surface area (Å²) >= 11 is 0.